The van der Waals surface area contributed by atoms with E-state index in [1.54, 1.807) is 54.0 Å². The van der Waals surface area contributed by atoms with Gasteiger partial charge >= 0.3 is 6.09 Å². The lowest BCUT2D eigenvalue weighted by atomic mass is 9.96. The molecule has 1 amide bonds. The first kappa shape index (κ1) is 19.1. The first-order chi connectivity index (χ1) is 10.6. The fraction of sp³-hybridized carbons (Fsp3) is 0.588. The van der Waals surface area contributed by atoms with Crippen LogP contribution >= 0.6 is 0 Å². The number of amides is 1. The maximum atomic E-state index is 11.7. The molecule has 6 nitrogen and oxygen atoms in total. The Bertz CT molecular complexity index is 534. The minimum absolute atomic E-state index is 0.0796. The van der Waals surface area contributed by atoms with Crippen LogP contribution in [0.5, 0.6) is 11.5 Å². The number of nitrogens with one attached hydrogen (secondary N) is 1. The van der Waals surface area contributed by atoms with Gasteiger partial charge in [0.2, 0.25) is 0 Å². The molecule has 6 heteroatoms. The zero-order valence-electron chi connectivity index (χ0n) is 14.7. The Morgan fingerprint density at radius 3 is 2.26 bits per heavy atom. The summed E-state index contributed by atoms with van der Waals surface area (Å²) in [6, 6.07) is 5.44. The van der Waals surface area contributed by atoms with Crippen LogP contribution in [0, 0.1) is 0 Å². The van der Waals surface area contributed by atoms with Gasteiger partial charge in [0.05, 0.1) is 19.8 Å². The lowest BCUT2D eigenvalue weighted by Gasteiger charge is -2.26. The second kappa shape index (κ2) is 7.55. The number of benzene rings is 1. The van der Waals surface area contributed by atoms with Gasteiger partial charge in [-0.2, -0.15) is 0 Å². The molecule has 130 valence electrons. The highest BCUT2D eigenvalue weighted by atomic mass is 16.6. The van der Waals surface area contributed by atoms with Crippen molar-refractivity contribution in [1.29, 1.82) is 0 Å². The molecule has 1 unspecified atom stereocenters. The molecule has 0 spiro atoms. The molecule has 0 saturated heterocycles. The van der Waals surface area contributed by atoms with E-state index in [1.165, 1.54) is 0 Å². The van der Waals surface area contributed by atoms with Crippen LogP contribution in [0.3, 0.4) is 0 Å². The monoisotopic (exact) mass is 325 g/mol. The maximum Gasteiger partial charge on any atom is 0.407 e. The lowest BCUT2D eigenvalue weighted by Crippen LogP contribution is -2.44. The van der Waals surface area contributed by atoms with Crippen molar-refractivity contribution < 1.29 is 24.1 Å². The number of carbonyl (C=O) groups excluding carboxylic acids is 1. The van der Waals surface area contributed by atoms with Crippen molar-refractivity contribution in [3.8, 4) is 11.5 Å². The van der Waals surface area contributed by atoms with Crippen molar-refractivity contribution in [2.24, 2.45) is 0 Å². The average Bonchev–Trinajstić information content (AvgIpc) is 2.43. The molecule has 1 aromatic carbocycles. The van der Waals surface area contributed by atoms with Crippen molar-refractivity contribution in [3.63, 3.8) is 0 Å². The van der Waals surface area contributed by atoms with E-state index in [9.17, 15) is 9.90 Å². The van der Waals surface area contributed by atoms with Gasteiger partial charge in [-0.3, -0.25) is 0 Å². The van der Waals surface area contributed by atoms with E-state index in [0.717, 1.165) is 5.56 Å². The van der Waals surface area contributed by atoms with E-state index >= 15 is 0 Å². The Morgan fingerprint density at radius 1 is 1.13 bits per heavy atom. The standard InChI is InChI=1S/C17H27NO5/c1-16(2,3)23-15(19)18-11-17(4,20)10-12-7-8-13(21-5)14(9-12)22-6/h7-9,20H,10-11H2,1-6H3,(H,18,19). The van der Waals surface area contributed by atoms with E-state index in [0.29, 0.717) is 17.9 Å². The number of carbonyl (C=O) groups is 1. The molecule has 1 aromatic rings. The summed E-state index contributed by atoms with van der Waals surface area (Å²) < 4.78 is 15.6. The van der Waals surface area contributed by atoms with Gasteiger partial charge in [-0.15, -0.1) is 0 Å². The molecule has 1 rings (SSSR count). The summed E-state index contributed by atoms with van der Waals surface area (Å²) in [5.74, 6) is 1.23. The Labute approximate surface area is 137 Å². The summed E-state index contributed by atoms with van der Waals surface area (Å²) in [4.78, 5) is 11.7. The van der Waals surface area contributed by atoms with Crippen LogP contribution in [0.15, 0.2) is 18.2 Å². The number of rotatable bonds is 6. The van der Waals surface area contributed by atoms with Gasteiger partial charge < -0.3 is 24.6 Å². The summed E-state index contributed by atoms with van der Waals surface area (Å²) in [5.41, 5.74) is -0.811. The third-order valence-electron chi connectivity index (χ3n) is 3.05. The second-order valence-electron chi connectivity index (χ2n) is 6.72. The van der Waals surface area contributed by atoms with Crippen molar-refractivity contribution in [3.05, 3.63) is 23.8 Å². The van der Waals surface area contributed by atoms with Crippen LogP contribution in [0.2, 0.25) is 0 Å². The smallest absolute Gasteiger partial charge is 0.407 e. The minimum Gasteiger partial charge on any atom is -0.493 e. The van der Waals surface area contributed by atoms with Crippen molar-refractivity contribution in [2.75, 3.05) is 20.8 Å². The van der Waals surface area contributed by atoms with Crippen LogP contribution in [0.1, 0.15) is 33.3 Å². The van der Waals surface area contributed by atoms with Crippen LogP contribution in [0.25, 0.3) is 0 Å². The molecule has 23 heavy (non-hydrogen) atoms. The van der Waals surface area contributed by atoms with Crippen molar-refractivity contribution >= 4 is 6.09 Å². The molecule has 0 radical (unpaired) electrons. The summed E-state index contributed by atoms with van der Waals surface area (Å²) in [6.07, 6.45) is -0.200. The zero-order valence-corrected chi connectivity index (χ0v) is 14.7. The zero-order chi connectivity index (χ0) is 17.7. The van der Waals surface area contributed by atoms with Gasteiger partial charge in [-0.1, -0.05) is 6.07 Å². The Kier molecular flexibility index (Phi) is 6.27. The fourth-order valence-corrected chi connectivity index (χ4v) is 2.07. The summed E-state index contributed by atoms with van der Waals surface area (Å²) in [5, 5.41) is 13.0. The maximum absolute atomic E-state index is 11.7. The number of hydrogen-bond donors (Lipinski definition) is 2. The molecule has 2 N–H and O–H groups in total. The van der Waals surface area contributed by atoms with Crippen LogP contribution in [0.4, 0.5) is 4.79 Å². The topological polar surface area (TPSA) is 77.0 Å². The third kappa shape index (κ3) is 6.78. The predicted molar refractivity (Wildman–Crippen MR) is 88.1 cm³/mol. The van der Waals surface area contributed by atoms with Gasteiger partial charge in [-0.25, -0.2) is 4.79 Å². The van der Waals surface area contributed by atoms with Crippen molar-refractivity contribution in [1.82, 2.24) is 5.32 Å². The number of hydrogen-bond acceptors (Lipinski definition) is 5. The predicted octanol–water partition coefficient (Wildman–Crippen LogP) is 2.52. The van der Waals surface area contributed by atoms with E-state index < -0.39 is 17.3 Å². The van der Waals surface area contributed by atoms with Crippen LogP contribution in [-0.4, -0.2) is 43.2 Å². The molecule has 0 aliphatic carbocycles. The van der Waals surface area contributed by atoms with Gasteiger partial charge in [0, 0.05) is 13.0 Å². The van der Waals surface area contributed by atoms with Crippen molar-refractivity contribution in [2.45, 2.75) is 45.3 Å². The van der Waals surface area contributed by atoms with Gasteiger partial charge in [0.15, 0.2) is 11.5 Å². The Morgan fingerprint density at radius 2 is 1.74 bits per heavy atom. The summed E-state index contributed by atoms with van der Waals surface area (Å²) >= 11 is 0. The first-order valence-electron chi connectivity index (χ1n) is 7.46. The van der Waals surface area contributed by atoms with E-state index in [1.807, 2.05) is 6.07 Å². The molecule has 0 saturated carbocycles. The highest BCUT2D eigenvalue weighted by Gasteiger charge is 2.24. The highest BCUT2D eigenvalue weighted by Crippen LogP contribution is 2.28. The molecule has 0 aromatic heterocycles. The van der Waals surface area contributed by atoms with E-state index in [2.05, 4.69) is 5.32 Å². The minimum atomic E-state index is -1.11. The second-order valence-corrected chi connectivity index (χ2v) is 6.72. The largest absolute Gasteiger partial charge is 0.493 e. The molecule has 0 fully saturated rings. The highest BCUT2D eigenvalue weighted by molar-refractivity contribution is 5.67. The van der Waals surface area contributed by atoms with Gasteiger partial charge in [0.25, 0.3) is 0 Å². The van der Waals surface area contributed by atoms with E-state index in [-0.39, 0.29) is 6.54 Å². The number of aliphatic hydroxyl groups is 1. The number of alkyl carbamates (subject to hydrolysis) is 1. The molecule has 0 heterocycles. The fourth-order valence-electron chi connectivity index (χ4n) is 2.07. The normalized spacial score (nSPS) is 13.9. The van der Waals surface area contributed by atoms with E-state index in [4.69, 9.17) is 14.2 Å². The molecule has 1 atom stereocenters. The molecule has 0 aliphatic heterocycles. The molecule has 0 aliphatic rings. The Hall–Kier alpha value is -1.95. The molecule has 0 bridgehead atoms. The number of ether oxygens (including phenoxy) is 3. The third-order valence-corrected chi connectivity index (χ3v) is 3.05. The number of methoxy groups -OCH3 is 2. The van der Waals surface area contributed by atoms with Gasteiger partial charge in [0.1, 0.15) is 5.60 Å². The van der Waals surface area contributed by atoms with Gasteiger partial charge in [-0.05, 0) is 45.4 Å². The summed E-state index contributed by atoms with van der Waals surface area (Å²) in [6.45, 7) is 7.09. The average molecular weight is 325 g/mol. The first-order valence-corrected chi connectivity index (χ1v) is 7.46. The molecular formula is C17H27NO5. The molecular weight excluding hydrogens is 298 g/mol. The quantitative estimate of drug-likeness (QED) is 0.840. The lowest BCUT2D eigenvalue weighted by molar-refractivity contribution is 0.0332. The Balaban J connectivity index is 2.66. The SMILES string of the molecule is COc1ccc(CC(C)(O)CNC(=O)OC(C)(C)C)cc1OC. The summed E-state index contributed by atoms with van der Waals surface area (Å²) in [7, 11) is 3.13. The van der Waals surface area contributed by atoms with Crippen LogP contribution < -0.4 is 14.8 Å². The van der Waals surface area contributed by atoms with Crippen LogP contribution in [-0.2, 0) is 11.2 Å².